The van der Waals surface area contributed by atoms with E-state index in [4.69, 9.17) is 10.5 Å². The van der Waals surface area contributed by atoms with Crippen molar-refractivity contribution in [3.8, 4) is 0 Å². The monoisotopic (exact) mass is 218 g/mol. The minimum Gasteiger partial charge on any atom is -0.380 e. The van der Waals surface area contributed by atoms with Gasteiger partial charge in [-0.05, 0) is 25.0 Å². The van der Waals surface area contributed by atoms with Gasteiger partial charge in [0.05, 0.1) is 24.5 Å². The second-order valence-electron chi connectivity index (χ2n) is 4.90. The Balaban J connectivity index is 1.82. The maximum absolute atomic E-state index is 11.3. The molecule has 0 radical (unpaired) electrons. The van der Waals surface area contributed by atoms with Crippen LogP contribution in [0.25, 0.3) is 0 Å². The molecule has 1 aromatic heterocycles. The normalized spacial score (nSPS) is 22.5. The lowest BCUT2D eigenvalue weighted by Crippen LogP contribution is -2.51. The van der Waals surface area contributed by atoms with Crippen molar-refractivity contribution in [2.24, 2.45) is 11.1 Å². The summed E-state index contributed by atoms with van der Waals surface area (Å²) < 4.78 is 5.23. The number of hydrogen-bond acceptors (Lipinski definition) is 3. The molecule has 1 aromatic rings. The van der Waals surface area contributed by atoms with Crippen LogP contribution in [0.5, 0.6) is 0 Å². The molecule has 2 heterocycles. The molecule has 1 saturated carbocycles. The van der Waals surface area contributed by atoms with E-state index in [1.165, 1.54) is 0 Å². The van der Waals surface area contributed by atoms with E-state index in [2.05, 4.69) is 4.98 Å². The second kappa shape index (κ2) is 3.28. The van der Waals surface area contributed by atoms with Crippen LogP contribution in [0.3, 0.4) is 0 Å². The molecule has 1 aliphatic carbocycles. The van der Waals surface area contributed by atoms with Crippen molar-refractivity contribution in [3.63, 3.8) is 0 Å². The van der Waals surface area contributed by atoms with Crippen LogP contribution in [0.2, 0.25) is 0 Å². The Morgan fingerprint density at radius 2 is 2.25 bits per heavy atom. The SMILES string of the molecule is NC(=O)c1cccnc1C1CC2(COC2)C1. The first kappa shape index (κ1) is 9.78. The van der Waals surface area contributed by atoms with Crippen LogP contribution in [0.1, 0.15) is 34.8 Å². The van der Waals surface area contributed by atoms with Crippen LogP contribution in [-0.4, -0.2) is 24.1 Å². The van der Waals surface area contributed by atoms with Gasteiger partial charge in [-0.25, -0.2) is 0 Å². The third kappa shape index (κ3) is 1.33. The van der Waals surface area contributed by atoms with Gasteiger partial charge < -0.3 is 10.5 Å². The molecule has 84 valence electrons. The highest BCUT2D eigenvalue weighted by Crippen LogP contribution is 2.55. The lowest BCUT2D eigenvalue weighted by Gasteiger charge is -2.53. The minimum absolute atomic E-state index is 0.381. The van der Waals surface area contributed by atoms with Gasteiger partial charge in [-0.1, -0.05) is 0 Å². The number of aromatic nitrogens is 1. The van der Waals surface area contributed by atoms with Gasteiger partial charge in [0.1, 0.15) is 0 Å². The molecule has 1 spiro atoms. The van der Waals surface area contributed by atoms with Gasteiger partial charge in [0.25, 0.3) is 5.91 Å². The molecular formula is C12H14N2O2. The van der Waals surface area contributed by atoms with Gasteiger partial charge in [-0.15, -0.1) is 0 Å². The number of nitrogens with two attached hydrogens (primary N) is 1. The van der Waals surface area contributed by atoms with Crippen LogP contribution in [0.15, 0.2) is 18.3 Å². The van der Waals surface area contributed by atoms with Crippen molar-refractivity contribution in [3.05, 3.63) is 29.6 Å². The molecule has 4 nitrogen and oxygen atoms in total. The highest BCUT2D eigenvalue weighted by molar-refractivity contribution is 5.94. The number of carbonyl (C=O) groups is 1. The summed E-state index contributed by atoms with van der Waals surface area (Å²) in [6, 6.07) is 3.51. The van der Waals surface area contributed by atoms with Gasteiger partial charge in [0.2, 0.25) is 0 Å². The molecule has 4 heteroatoms. The minimum atomic E-state index is -0.381. The number of carbonyl (C=O) groups excluding carboxylic acids is 1. The molecular weight excluding hydrogens is 204 g/mol. The van der Waals surface area contributed by atoms with E-state index in [0.717, 1.165) is 31.7 Å². The molecule has 0 bridgehead atoms. The van der Waals surface area contributed by atoms with E-state index in [-0.39, 0.29) is 5.91 Å². The summed E-state index contributed by atoms with van der Waals surface area (Å²) in [6.45, 7) is 1.73. The predicted octanol–water partition coefficient (Wildman–Crippen LogP) is 1.07. The van der Waals surface area contributed by atoms with Gasteiger partial charge in [-0.3, -0.25) is 9.78 Å². The largest absolute Gasteiger partial charge is 0.380 e. The summed E-state index contributed by atoms with van der Waals surface area (Å²) in [7, 11) is 0. The highest BCUT2D eigenvalue weighted by Gasteiger charge is 2.51. The first-order valence-corrected chi connectivity index (χ1v) is 5.53. The Morgan fingerprint density at radius 3 is 2.81 bits per heavy atom. The zero-order chi connectivity index (χ0) is 11.2. The van der Waals surface area contributed by atoms with E-state index in [9.17, 15) is 4.79 Å². The summed E-state index contributed by atoms with van der Waals surface area (Å²) in [5.74, 6) is 0.00140. The number of pyridine rings is 1. The van der Waals surface area contributed by atoms with Gasteiger partial charge in [0, 0.05) is 17.5 Å². The van der Waals surface area contributed by atoms with E-state index < -0.39 is 0 Å². The van der Waals surface area contributed by atoms with Crippen LogP contribution >= 0.6 is 0 Å². The molecule has 0 aromatic carbocycles. The lowest BCUT2D eigenvalue weighted by molar-refractivity contribution is -0.165. The first-order valence-electron chi connectivity index (χ1n) is 5.53. The fraction of sp³-hybridized carbons (Fsp3) is 0.500. The quantitative estimate of drug-likeness (QED) is 0.807. The molecule has 0 unspecified atom stereocenters. The third-order valence-corrected chi connectivity index (χ3v) is 3.67. The molecule has 16 heavy (non-hydrogen) atoms. The molecule has 1 aliphatic heterocycles. The smallest absolute Gasteiger partial charge is 0.250 e. The van der Waals surface area contributed by atoms with Crippen LogP contribution in [-0.2, 0) is 4.74 Å². The number of amides is 1. The number of nitrogens with zero attached hydrogens (tertiary/aromatic N) is 1. The van der Waals surface area contributed by atoms with Crippen molar-refractivity contribution in [2.45, 2.75) is 18.8 Å². The Bertz CT molecular complexity index is 432. The number of primary amides is 1. The summed E-state index contributed by atoms with van der Waals surface area (Å²) >= 11 is 0. The van der Waals surface area contributed by atoms with Gasteiger partial charge in [0.15, 0.2) is 0 Å². The highest BCUT2D eigenvalue weighted by atomic mass is 16.5. The summed E-state index contributed by atoms with van der Waals surface area (Å²) in [4.78, 5) is 15.6. The average Bonchev–Trinajstić information content (AvgIpc) is 2.14. The van der Waals surface area contributed by atoms with E-state index in [1.54, 1.807) is 18.3 Å². The number of rotatable bonds is 2. The Hall–Kier alpha value is -1.42. The summed E-state index contributed by atoms with van der Waals surface area (Å²) in [5, 5.41) is 0. The fourth-order valence-electron chi connectivity index (χ4n) is 2.76. The Labute approximate surface area is 93.8 Å². The van der Waals surface area contributed by atoms with Crippen molar-refractivity contribution < 1.29 is 9.53 Å². The lowest BCUT2D eigenvalue weighted by atomic mass is 9.59. The molecule has 1 saturated heterocycles. The van der Waals surface area contributed by atoms with Crippen molar-refractivity contribution in [1.29, 1.82) is 0 Å². The number of hydrogen-bond donors (Lipinski definition) is 1. The zero-order valence-corrected chi connectivity index (χ0v) is 8.98. The van der Waals surface area contributed by atoms with Gasteiger partial charge >= 0.3 is 0 Å². The average molecular weight is 218 g/mol. The fourth-order valence-corrected chi connectivity index (χ4v) is 2.76. The third-order valence-electron chi connectivity index (χ3n) is 3.67. The maximum atomic E-state index is 11.3. The molecule has 1 amide bonds. The second-order valence-corrected chi connectivity index (χ2v) is 4.90. The summed E-state index contributed by atoms with van der Waals surface area (Å²) in [5.41, 5.74) is 7.17. The van der Waals surface area contributed by atoms with Gasteiger partial charge in [-0.2, -0.15) is 0 Å². The molecule has 2 N–H and O–H groups in total. The summed E-state index contributed by atoms with van der Waals surface area (Å²) in [6.07, 6.45) is 3.87. The van der Waals surface area contributed by atoms with Crippen molar-refractivity contribution in [2.75, 3.05) is 13.2 Å². The van der Waals surface area contributed by atoms with Crippen LogP contribution in [0, 0.1) is 5.41 Å². The predicted molar refractivity (Wildman–Crippen MR) is 58.0 cm³/mol. The molecule has 0 atom stereocenters. The van der Waals surface area contributed by atoms with Crippen molar-refractivity contribution in [1.82, 2.24) is 4.98 Å². The standard InChI is InChI=1S/C12H14N2O2/c13-11(15)9-2-1-3-14-10(9)8-4-12(5-8)6-16-7-12/h1-3,8H,4-7H2,(H2,13,15). The van der Waals surface area contributed by atoms with Crippen LogP contribution < -0.4 is 5.73 Å². The topological polar surface area (TPSA) is 65.2 Å². The van der Waals surface area contributed by atoms with Crippen molar-refractivity contribution >= 4 is 5.91 Å². The molecule has 2 fully saturated rings. The zero-order valence-electron chi connectivity index (χ0n) is 8.98. The van der Waals surface area contributed by atoms with Crippen LogP contribution in [0.4, 0.5) is 0 Å². The molecule has 2 aliphatic rings. The Kier molecular flexibility index (Phi) is 2.01. The Morgan fingerprint density at radius 1 is 1.50 bits per heavy atom. The molecule has 3 rings (SSSR count). The first-order chi connectivity index (χ1) is 7.70. The van der Waals surface area contributed by atoms with E-state index in [0.29, 0.717) is 16.9 Å². The number of ether oxygens (including phenoxy) is 1. The maximum Gasteiger partial charge on any atom is 0.250 e. The van der Waals surface area contributed by atoms with E-state index in [1.807, 2.05) is 0 Å². The van der Waals surface area contributed by atoms with E-state index >= 15 is 0 Å².